The van der Waals surface area contributed by atoms with Crippen LogP contribution in [-0.2, 0) is 1540 Å². The molecule has 0 nitrogen and oxygen atoms in total. The van der Waals surface area contributed by atoms with Crippen molar-refractivity contribution in [1.82, 2.24) is 0 Å². The molecule has 0 rings (SSSR count). The fourth-order valence-corrected chi connectivity index (χ4v) is 0. The molecular formula is V83. The minimum Gasteiger partial charge on any atom is 0 e. The quantitative estimate of drug-likeness (QED) is 0.316. The summed E-state index contributed by atoms with van der Waals surface area (Å²) in [5, 5.41) is 0. The fraction of sp³-hybridized carbons (Fsp3) is 0. The number of rotatable bonds is 0. The Morgan fingerprint density at radius 1 is 0.0120 bits per heavy atom. The van der Waals surface area contributed by atoms with E-state index in [1.54, 1.807) is 0 Å². The molecule has 0 aliphatic carbocycles. The van der Waals surface area contributed by atoms with Crippen LogP contribution in [0.25, 0.3) is 0 Å². The van der Waals surface area contributed by atoms with Crippen molar-refractivity contribution in [3.8, 4) is 0 Å². The van der Waals surface area contributed by atoms with E-state index in [1.165, 1.54) is 0 Å². The van der Waals surface area contributed by atoms with Crippen LogP contribution < -0.4 is 0 Å². The van der Waals surface area contributed by atoms with Crippen molar-refractivity contribution in [2.24, 2.45) is 0 Å². The maximum atomic E-state index is 0. The average molecular weight is 4230 g/mol. The molecule has 0 aliphatic heterocycles. The van der Waals surface area contributed by atoms with Crippen LogP contribution in [0.2, 0.25) is 0 Å². The van der Waals surface area contributed by atoms with E-state index in [1.807, 2.05) is 0 Å². The van der Waals surface area contributed by atoms with Crippen LogP contribution in [0.4, 0.5) is 0 Å². The monoisotopic (exact) mass is 4230 g/mol. The maximum Gasteiger partial charge on any atom is 0 e. The Morgan fingerprint density at radius 3 is 0.0120 bits per heavy atom. The molecule has 0 unspecified atom stereocenters. The second-order valence-corrected chi connectivity index (χ2v) is 0. The summed E-state index contributed by atoms with van der Waals surface area (Å²) in [5.74, 6) is 0. The van der Waals surface area contributed by atoms with E-state index in [0.717, 1.165) is 0 Å². The van der Waals surface area contributed by atoms with Crippen LogP contribution in [0.15, 0.2) is 0 Å². The van der Waals surface area contributed by atoms with Crippen LogP contribution >= 0.6 is 0 Å². The molecule has 0 heterocycles. The largest absolute Gasteiger partial charge is 0 e. The summed E-state index contributed by atoms with van der Waals surface area (Å²) in [6, 6.07) is 0. The van der Waals surface area contributed by atoms with Gasteiger partial charge in [0, 0.05) is 1540 Å². The fourth-order valence-electron chi connectivity index (χ4n) is 0. The Labute approximate surface area is 1500 Å². The minimum absolute atomic E-state index is 0. The second-order valence-electron chi connectivity index (χ2n) is 0. The predicted molar refractivity (Wildman–Crippen MR) is 0 cm³/mol. The van der Waals surface area contributed by atoms with Crippen LogP contribution in [0.5, 0.6) is 0 Å². The number of hydrogen-bond acceptors (Lipinski definition) is 0. The van der Waals surface area contributed by atoms with Gasteiger partial charge in [-0.05, 0) is 0 Å². The van der Waals surface area contributed by atoms with Crippen molar-refractivity contribution >= 4 is 0 Å². The average Bonchev–Trinajstić information content (AvgIpc) is 0. The second kappa shape index (κ2) is 930. The molecule has 0 N–H and O–H groups in total. The molecule has 0 saturated carbocycles. The van der Waals surface area contributed by atoms with Gasteiger partial charge in [0.15, 0.2) is 0 Å². The molecule has 0 saturated heterocycles. The van der Waals surface area contributed by atoms with Crippen molar-refractivity contribution in [3.05, 3.63) is 0 Å². The van der Waals surface area contributed by atoms with Crippen molar-refractivity contribution in [2.75, 3.05) is 0 Å². The van der Waals surface area contributed by atoms with Gasteiger partial charge >= 0.3 is 0 Å². The topological polar surface area (TPSA) is 0 Å². The first kappa shape index (κ1) is 952. The molecule has 0 aromatic rings. The summed E-state index contributed by atoms with van der Waals surface area (Å²) in [6.45, 7) is 0. The Bertz CT molecular complexity index is 0. The smallest absolute Gasteiger partial charge is 0 e. The molecule has 83 heavy (non-hydrogen) atoms. The summed E-state index contributed by atoms with van der Waals surface area (Å²) in [5.41, 5.74) is 0. The van der Waals surface area contributed by atoms with Crippen LogP contribution in [0, 0.1) is 0 Å². The van der Waals surface area contributed by atoms with Crippen LogP contribution in [-0.4, -0.2) is 0 Å². The summed E-state index contributed by atoms with van der Waals surface area (Å²) in [7, 11) is 0. The zero-order chi connectivity index (χ0) is 0. The van der Waals surface area contributed by atoms with Gasteiger partial charge in [-0.3, -0.25) is 0 Å². The molecule has 0 aliphatic rings. The van der Waals surface area contributed by atoms with Crippen molar-refractivity contribution in [3.63, 3.8) is 0 Å². The molecule has 0 aromatic carbocycles. The third kappa shape index (κ3) is 916. The van der Waals surface area contributed by atoms with Gasteiger partial charge < -0.3 is 0 Å². The van der Waals surface area contributed by atoms with Crippen LogP contribution in [0.1, 0.15) is 0 Å². The van der Waals surface area contributed by atoms with E-state index in [4.69, 9.17) is 0 Å². The van der Waals surface area contributed by atoms with E-state index < -0.39 is 0 Å². The molecule has 0 atom stereocenters. The minimum atomic E-state index is 0. The zero-order valence-electron chi connectivity index (χ0n) is 37.1. The summed E-state index contributed by atoms with van der Waals surface area (Å²) in [4.78, 5) is 0. The molecule has 83 heteroatoms. The first-order chi connectivity index (χ1) is 0. The molecule has 0 bridgehead atoms. The Hall–Kier alpha value is 48.5. The van der Waals surface area contributed by atoms with E-state index in [2.05, 4.69) is 0 Å². The van der Waals surface area contributed by atoms with Crippen molar-refractivity contribution in [1.29, 1.82) is 0 Å². The number of hydrogen-bond donors (Lipinski definition) is 0. The Balaban J connectivity index is 0. The van der Waals surface area contributed by atoms with Gasteiger partial charge in [-0.25, -0.2) is 0 Å². The molecule has 0 fully saturated rings. The maximum absolute atomic E-state index is 0. The molecule has 83 radical (unpaired) electrons. The third-order valence-electron chi connectivity index (χ3n) is 0. The first-order valence-electron chi connectivity index (χ1n) is 0. The summed E-state index contributed by atoms with van der Waals surface area (Å²) in [6.07, 6.45) is 0. The first-order valence-corrected chi connectivity index (χ1v) is 0. The Kier molecular flexibility index (Phi) is 10700. The molecular weight excluding hydrogens is 4230 g/mol. The molecule has 0 spiro atoms. The third-order valence-corrected chi connectivity index (χ3v) is 0. The van der Waals surface area contributed by atoms with Gasteiger partial charge in [-0.2, -0.15) is 0 Å². The van der Waals surface area contributed by atoms with Crippen LogP contribution in [0.3, 0.4) is 0 Å². The van der Waals surface area contributed by atoms with E-state index >= 15 is 0 Å². The predicted octanol–water partition coefficient (Wildman–Crippen LogP) is -0.208. The molecule has 0 aromatic heterocycles. The Morgan fingerprint density at radius 2 is 0.0120 bits per heavy atom. The van der Waals surface area contributed by atoms with Gasteiger partial charge in [0.1, 0.15) is 0 Å². The van der Waals surface area contributed by atoms with E-state index in [9.17, 15) is 0 Å². The normalized spacial score (nSPS) is 0. The van der Waals surface area contributed by atoms with Gasteiger partial charge in [0.05, 0.1) is 0 Å². The van der Waals surface area contributed by atoms with Gasteiger partial charge in [-0.15, -0.1) is 0 Å². The molecule has 0 amide bonds. The van der Waals surface area contributed by atoms with Gasteiger partial charge in [0.2, 0.25) is 0 Å². The van der Waals surface area contributed by atoms with Crippen molar-refractivity contribution < 1.29 is 1540 Å². The van der Waals surface area contributed by atoms with E-state index in [-0.39, 0.29) is 1540 Å². The molecule has 415 valence electrons. The zero-order valence-corrected chi connectivity index (χ0v) is 153. The van der Waals surface area contributed by atoms with E-state index in [0.29, 0.717) is 0 Å². The van der Waals surface area contributed by atoms with Gasteiger partial charge in [-0.1, -0.05) is 0 Å². The summed E-state index contributed by atoms with van der Waals surface area (Å²) >= 11 is 0. The van der Waals surface area contributed by atoms with Gasteiger partial charge in [0.25, 0.3) is 0 Å². The SMILES string of the molecule is [V].[V].[V].[V].[V].[V].[V].[V].[V].[V].[V].[V].[V].[V].[V].[V].[V].[V].[V].[V].[V].[V].[V].[V].[V].[V].[V].[V].[V].[V].[V].[V].[V].[V].[V].[V].[V].[V].[V].[V].[V].[V].[V].[V].[V].[V].[V].[V].[V].[V].[V].[V].[V].[V].[V].[V].[V].[V].[V].[V].[V].[V].[V].[V].[V].[V].[V].[V].[V].[V].[V].[V].[V].[V].[V].[V].[V].[V].[V].[V].[V].[V].[V]. The standard InChI is InChI=1S/83V. The van der Waals surface area contributed by atoms with Crippen molar-refractivity contribution in [2.45, 2.75) is 0 Å². The summed E-state index contributed by atoms with van der Waals surface area (Å²) < 4.78 is 0.